The van der Waals surface area contributed by atoms with Crippen LogP contribution in [0.3, 0.4) is 0 Å². The fraction of sp³-hybridized carbons (Fsp3) is 0.545. The lowest BCUT2D eigenvalue weighted by Gasteiger charge is -2.39. The predicted molar refractivity (Wildman–Crippen MR) is 110 cm³/mol. The van der Waals surface area contributed by atoms with Crippen LogP contribution in [0.1, 0.15) is 30.9 Å². The molecule has 7 atom stereocenters. The van der Waals surface area contributed by atoms with Gasteiger partial charge < -0.3 is 35.1 Å². The van der Waals surface area contributed by atoms with Crippen LogP contribution in [0.25, 0.3) is 10.9 Å². The van der Waals surface area contributed by atoms with Crippen molar-refractivity contribution in [3.63, 3.8) is 0 Å². The van der Waals surface area contributed by atoms with Crippen molar-refractivity contribution in [1.29, 1.82) is 0 Å². The van der Waals surface area contributed by atoms with Crippen molar-refractivity contribution < 1.29 is 24.8 Å². The molecular formula is C22H30N2O5. The summed E-state index contributed by atoms with van der Waals surface area (Å²) in [5.41, 5.74) is 4.77. The first-order valence-corrected chi connectivity index (χ1v) is 10.2. The Labute approximate surface area is 170 Å². The standard InChI is InChI=1S/C22H30N2O5/c1-11(10-28-22-21(27)20(26)19(25)12(2)29-22)7-15-14-5-4-6-16-18(14)13(9-24-16)8-17(15)23-3/h4-7,9,12,15,17,19-27H,8,10H2,1-3H3/b11-7+/t12-,15+,17+,19+,20+,21-,22+/m0/s1. The molecule has 1 saturated heterocycles. The molecule has 0 spiro atoms. The summed E-state index contributed by atoms with van der Waals surface area (Å²) < 4.78 is 11.3. The fourth-order valence-electron chi connectivity index (χ4n) is 4.51. The maximum absolute atomic E-state index is 10.1. The van der Waals surface area contributed by atoms with Crippen molar-refractivity contribution in [3.8, 4) is 0 Å². The molecule has 2 aromatic rings. The largest absolute Gasteiger partial charge is 0.388 e. The molecule has 1 aliphatic heterocycles. The zero-order valence-corrected chi connectivity index (χ0v) is 17.0. The number of likely N-dealkylation sites (N-methyl/N-ethyl adjacent to an activating group) is 1. The number of rotatable bonds is 5. The molecule has 1 fully saturated rings. The van der Waals surface area contributed by atoms with Gasteiger partial charge in [-0.3, -0.25) is 0 Å². The van der Waals surface area contributed by atoms with Gasteiger partial charge in [0.05, 0.1) is 12.7 Å². The van der Waals surface area contributed by atoms with Gasteiger partial charge in [-0.1, -0.05) is 23.8 Å². The monoisotopic (exact) mass is 402 g/mol. The van der Waals surface area contributed by atoms with Crippen LogP contribution in [0.15, 0.2) is 36.0 Å². The van der Waals surface area contributed by atoms with E-state index in [1.54, 1.807) is 6.92 Å². The molecule has 2 aliphatic rings. The summed E-state index contributed by atoms with van der Waals surface area (Å²) in [5.74, 6) is 0.194. The molecule has 7 heteroatoms. The topological polar surface area (TPSA) is 107 Å². The maximum Gasteiger partial charge on any atom is 0.186 e. The number of H-pyrrole nitrogens is 1. The van der Waals surface area contributed by atoms with Gasteiger partial charge in [-0.2, -0.15) is 0 Å². The predicted octanol–water partition coefficient (Wildman–Crippen LogP) is 1.19. The highest BCUT2D eigenvalue weighted by Gasteiger charge is 2.42. The third kappa shape index (κ3) is 3.74. The van der Waals surface area contributed by atoms with Gasteiger partial charge in [0.1, 0.15) is 18.3 Å². The second kappa shape index (κ2) is 8.18. The van der Waals surface area contributed by atoms with E-state index in [4.69, 9.17) is 9.47 Å². The van der Waals surface area contributed by atoms with E-state index in [-0.39, 0.29) is 18.6 Å². The van der Waals surface area contributed by atoms with Gasteiger partial charge in [-0.25, -0.2) is 0 Å². The quantitative estimate of drug-likeness (QED) is 0.481. The van der Waals surface area contributed by atoms with E-state index < -0.39 is 30.7 Å². The van der Waals surface area contributed by atoms with E-state index in [0.717, 1.165) is 17.5 Å². The van der Waals surface area contributed by atoms with E-state index in [0.29, 0.717) is 0 Å². The van der Waals surface area contributed by atoms with Crippen molar-refractivity contribution >= 4 is 10.9 Å². The smallest absolute Gasteiger partial charge is 0.186 e. The van der Waals surface area contributed by atoms with Crippen LogP contribution in [-0.4, -0.2) is 70.7 Å². The molecule has 0 bridgehead atoms. The van der Waals surface area contributed by atoms with Crippen molar-refractivity contribution in [2.75, 3.05) is 13.7 Å². The van der Waals surface area contributed by atoms with Gasteiger partial charge in [-0.05, 0) is 44.5 Å². The molecule has 158 valence electrons. The third-order valence-corrected chi connectivity index (χ3v) is 6.17. The van der Waals surface area contributed by atoms with E-state index in [9.17, 15) is 15.3 Å². The van der Waals surface area contributed by atoms with Crippen LogP contribution in [0.4, 0.5) is 0 Å². The molecule has 29 heavy (non-hydrogen) atoms. The van der Waals surface area contributed by atoms with Crippen molar-refractivity contribution in [2.45, 2.75) is 62.9 Å². The number of aliphatic hydroxyl groups is 3. The van der Waals surface area contributed by atoms with Gasteiger partial charge >= 0.3 is 0 Å². The Bertz CT molecular complexity index is 894. The first-order valence-electron chi connectivity index (χ1n) is 10.2. The number of aliphatic hydroxyl groups excluding tert-OH is 3. The minimum absolute atomic E-state index is 0.194. The summed E-state index contributed by atoms with van der Waals surface area (Å²) in [6.07, 6.45) is -0.0511. The lowest BCUT2D eigenvalue weighted by molar-refractivity contribution is -0.290. The maximum atomic E-state index is 10.1. The van der Waals surface area contributed by atoms with Crippen LogP contribution in [-0.2, 0) is 15.9 Å². The Kier molecular flexibility index (Phi) is 5.79. The molecular weight excluding hydrogens is 372 g/mol. The third-order valence-electron chi connectivity index (χ3n) is 6.17. The number of hydrogen-bond donors (Lipinski definition) is 5. The molecule has 1 aromatic carbocycles. The molecule has 0 radical (unpaired) electrons. The zero-order chi connectivity index (χ0) is 20.7. The fourth-order valence-corrected chi connectivity index (χ4v) is 4.51. The number of nitrogens with one attached hydrogen (secondary N) is 2. The second-order valence-corrected chi connectivity index (χ2v) is 8.21. The highest BCUT2D eigenvalue weighted by molar-refractivity contribution is 5.88. The Hall–Kier alpha value is -1.74. The first kappa shape index (κ1) is 20.5. The Balaban J connectivity index is 1.51. The van der Waals surface area contributed by atoms with Gasteiger partial charge in [0.15, 0.2) is 6.29 Å². The molecule has 7 nitrogen and oxygen atoms in total. The molecule has 1 aromatic heterocycles. The molecule has 0 unspecified atom stereocenters. The Morgan fingerprint density at radius 2 is 2.07 bits per heavy atom. The van der Waals surface area contributed by atoms with E-state index >= 15 is 0 Å². The lowest BCUT2D eigenvalue weighted by Crippen LogP contribution is -2.57. The molecule has 0 saturated carbocycles. The second-order valence-electron chi connectivity index (χ2n) is 8.21. The van der Waals surface area contributed by atoms with E-state index in [1.165, 1.54) is 16.5 Å². The van der Waals surface area contributed by atoms with Crippen LogP contribution in [0, 0.1) is 0 Å². The van der Waals surface area contributed by atoms with Gasteiger partial charge in [0, 0.05) is 29.1 Å². The molecule has 1 aliphatic carbocycles. The summed E-state index contributed by atoms with van der Waals surface area (Å²) in [4.78, 5) is 3.36. The van der Waals surface area contributed by atoms with Crippen molar-refractivity contribution in [2.24, 2.45) is 0 Å². The summed E-state index contributed by atoms with van der Waals surface area (Å²) in [7, 11) is 1.98. The molecule has 5 N–H and O–H groups in total. The average Bonchev–Trinajstić information content (AvgIpc) is 3.14. The summed E-state index contributed by atoms with van der Waals surface area (Å²) in [6, 6.07) is 6.61. The number of benzene rings is 1. The number of ether oxygens (including phenoxy) is 2. The summed E-state index contributed by atoms with van der Waals surface area (Å²) in [6.45, 7) is 3.90. The highest BCUT2D eigenvalue weighted by Crippen LogP contribution is 2.38. The molecule has 0 amide bonds. The number of aromatic nitrogens is 1. The minimum atomic E-state index is -1.29. The highest BCUT2D eigenvalue weighted by atomic mass is 16.7. The van der Waals surface area contributed by atoms with Crippen LogP contribution in [0.5, 0.6) is 0 Å². The van der Waals surface area contributed by atoms with Gasteiger partial charge in [0.2, 0.25) is 0 Å². The van der Waals surface area contributed by atoms with E-state index in [2.05, 4.69) is 40.8 Å². The average molecular weight is 402 g/mol. The summed E-state index contributed by atoms with van der Waals surface area (Å²) >= 11 is 0. The van der Waals surface area contributed by atoms with Crippen molar-refractivity contribution in [1.82, 2.24) is 10.3 Å². The molecule has 4 rings (SSSR count). The van der Waals surface area contributed by atoms with Crippen LogP contribution >= 0.6 is 0 Å². The minimum Gasteiger partial charge on any atom is -0.388 e. The van der Waals surface area contributed by atoms with Gasteiger partial charge in [0.25, 0.3) is 0 Å². The Morgan fingerprint density at radius 1 is 1.28 bits per heavy atom. The lowest BCUT2D eigenvalue weighted by atomic mass is 9.79. The normalized spacial score (nSPS) is 35.2. The zero-order valence-electron chi connectivity index (χ0n) is 17.0. The number of hydrogen-bond acceptors (Lipinski definition) is 6. The SMILES string of the molecule is CN[C@@H]1Cc2c[nH]c3cccc(c23)[C@H]1/C=C(\C)CO[C@@H]1O[C@@H](C)[C@@H](O)[C@@H](O)[C@@H]1O. The van der Waals surface area contributed by atoms with Crippen LogP contribution in [0.2, 0.25) is 0 Å². The Morgan fingerprint density at radius 3 is 2.83 bits per heavy atom. The van der Waals surface area contributed by atoms with E-state index in [1.807, 2.05) is 14.0 Å². The van der Waals surface area contributed by atoms with Crippen molar-refractivity contribution in [3.05, 3.63) is 47.2 Å². The summed E-state index contributed by atoms with van der Waals surface area (Å²) in [5, 5.41) is 34.6. The molecule has 2 heterocycles. The number of aromatic amines is 1. The van der Waals surface area contributed by atoms with Gasteiger partial charge in [-0.15, -0.1) is 0 Å². The van der Waals surface area contributed by atoms with Crippen LogP contribution < -0.4 is 5.32 Å². The first-order chi connectivity index (χ1) is 13.9.